The molecular formula is C14H18ClNO3S. The lowest BCUT2D eigenvalue weighted by molar-refractivity contribution is 0.0695. The molecular weight excluding hydrogens is 298 g/mol. The third-order valence-corrected chi connectivity index (χ3v) is 5.90. The van der Waals surface area contributed by atoms with Crippen molar-refractivity contribution in [3.05, 3.63) is 28.8 Å². The van der Waals surface area contributed by atoms with E-state index in [-0.39, 0.29) is 17.2 Å². The van der Waals surface area contributed by atoms with E-state index in [0.29, 0.717) is 28.6 Å². The number of rotatable bonds is 2. The second-order valence-corrected chi connectivity index (χ2v) is 7.20. The highest BCUT2D eigenvalue weighted by Gasteiger charge is 2.33. The summed E-state index contributed by atoms with van der Waals surface area (Å²) >= 11 is 5.97. The minimum Gasteiger partial charge on any atom is -0.495 e. The number of benzene rings is 1. The molecule has 6 heteroatoms. The Morgan fingerprint density at radius 2 is 2.15 bits per heavy atom. The lowest BCUT2D eigenvalue weighted by atomic mass is 10.1. The van der Waals surface area contributed by atoms with Gasteiger partial charge in [-0.1, -0.05) is 11.6 Å². The normalized spacial score (nSPS) is 26.4. The van der Waals surface area contributed by atoms with Crippen LogP contribution in [0, 0.1) is 0 Å². The summed E-state index contributed by atoms with van der Waals surface area (Å²) in [6, 6.07) is 4.95. The van der Waals surface area contributed by atoms with Crippen LogP contribution in [0.2, 0.25) is 5.02 Å². The van der Waals surface area contributed by atoms with Gasteiger partial charge in [0.05, 0.1) is 17.4 Å². The van der Waals surface area contributed by atoms with Gasteiger partial charge in [0.2, 0.25) is 0 Å². The van der Waals surface area contributed by atoms with E-state index in [0.717, 1.165) is 0 Å². The summed E-state index contributed by atoms with van der Waals surface area (Å²) in [6.45, 7) is 4.37. The van der Waals surface area contributed by atoms with Crippen molar-refractivity contribution in [2.24, 2.45) is 0 Å². The summed E-state index contributed by atoms with van der Waals surface area (Å²) in [5.74, 6) is 0.942. The number of carbonyl (C=O) groups is 1. The van der Waals surface area contributed by atoms with Gasteiger partial charge in [0, 0.05) is 34.7 Å². The number of ether oxygens (including phenoxy) is 1. The van der Waals surface area contributed by atoms with Crippen molar-refractivity contribution in [1.82, 2.24) is 4.90 Å². The Morgan fingerprint density at radius 1 is 1.45 bits per heavy atom. The molecule has 0 aromatic heterocycles. The first-order chi connectivity index (χ1) is 9.45. The molecule has 1 aliphatic heterocycles. The van der Waals surface area contributed by atoms with E-state index in [4.69, 9.17) is 16.3 Å². The molecule has 1 aromatic rings. The number of methoxy groups -OCH3 is 1. The van der Waals surface area contributed by atoms with Gasteiger partial charge >= 0.3 is 0 Å². The van der Waals surface area contributed by atoms with Crippen LogP contribution >= 0.6 is 11.6 Å². The van der Waals surface area contributed by atoms with Gasteiger partial charge in [0.25, 0.3) is 5.91 Å². The predicted molar refractivity (Wildman–Crippen MR) is 81.0 cm³/mol. The molecule has 3 atom stereocenters. The van der Waals surface area contributed by atoms with Crippen molar-refractivity contribution < 1.29 is 13.7 Å². The molecule has 0 saturated carbocycles. The molecule has 1 fully saturated rings. The van der Waals surface area contributed by atoms with Crippen molar-refractivity contribution in [2.45, 2.75) is 25.1 Å². The Balaban J connectivity index is 2.25. The van der Waals surface area contributed by atoms with Gasteiger partial charge in [0.15, 0.2) is 0 Å². The van der Waals surface area contributed by atoms with Crippen molar-refractivity contribution in [2.75, 3.05) is 19.4 Å². The van der Waals surface area contributed by atoms with E-state index in [1.165, 1.54) is 7.11 Å². The minimum absolute atomic E-state index is 0.0121. The first kappa shape index (κ1) is 15.3. The summed E-state index contributed by atoms with van der Waals surface area (Å²) in [7, 11) is 0.660. The Hall–Kier alpha value is -1.07. The van der Waals surface area contributed by atoms with Crippen LogP contribution in [0.1, 0.15) is 24.2 Å². The van der Waals surface area contributed by atoms with Crippen LogP contribution in [-0.4, -0.2) is 45.7 Å². The number of carbonyl (C=O) groups excluding carboxylic acids is 1. The Kier molecular flexibility index (Phi) is 4.70. The SMILES string of the molecule is COc1cc(C(=O)N2CC[S@](=O)[C@H](C)[C@@H]2C)ccc1Cl. The van der Waals surface area contributed by atoms with Gasteiger partial charge < -0.3 is 9.64 Å². The molecule has 0 spiro atoms. The highest BCUT2D eigenvalue weighted by Crippen LogP contribution is 2.27. The maximum atomic E-state index is 12.6. The van der Waals surface area contributed by atoms with Crippen LogP contribution in [-0.2, 0) is 10.8 Å². The Labute approximate surface area is 126 Å². The maximum Gasteiger partial charge on any atom is 0.254 e. The molecule has 0 N–H and O–H groups in total. The summed E-state index contributed by atoms with van der Waals surface area (Å²) in [5, 5.41) is 0.465. The fraction of sp³-hybridized carbons (Fsp3) is 0.500. The summed E-state index contributed by atoms with van der Waals surface area (Å²) in [4.78, 5) is 14.3. The second kappa shape index (κ2) is 6.14. The van der Waals surface area contributed by atoms with Gasteiger partial charge in [-0.25, -0.2) is 0 Å². The quantitative estimate of drug-likeness (QED) is 0.841. The number of hydrogen-bond donors (Lipinski definition) is 0. The van der Waals surface area contributed by atoms with Crippen molar-refractivity contribution in [1.29, 1.82) is 0 Å². The fourth-order valence-electron chi connectivity index (χ4n) is 2.30. The van der Waals surface area contributed by atoms with Crippen LogP contribution in [0.15, 0.2) is 18.2 Å². The maximum absolute atomic E-state index is 12.6. The van der Waals surface area contributed by atoms with E-state index >= 15 is 0 Å². The lowest BCUT2D eigenvalue weighted by Gasteiger charge is -2.37. The third-order valence-electron chi connectivity index (χ3n) is 3.78. The molecule has 1 amide bonds. The summed E-state index contributed by atoms with van der Waals surface area (Å²) in [6.07, 6.45) is 0. The molecule has 4 nitrogen and oxygen atoms in total. The number of amides is 1. The van der Waals surface area contributed by atoms with Crippen LogP contribution in [0.25, 0.3) is 0 Å². The molecule has 0 bridgehead atoms. The van der Waals surface area contributed by atoms with Crippen LogP contribution in [0.4, 0.5) is 0 Å². The smallest absolute Gasteiger partial charge is 0.254 e. The lowest BCUT2D eigenvalue weighted by Crippen LogP contribution is -2.52. The minimum atomic E-state index is -0.858. The molecule has 1 saturated heterocycles. The predicted octanol–water partition coefficient (Wildman–Crippen LogP) is 2.33. The Morgan fingerprint density at radius 3 is 2.80 bits per heavy atom. The van der Waals surface area contributed by atoms with E-state index in [9.17, 15) is 9.00 Å². The molecule has 1 aromatic carbocycles. The molecule has 1 heterocycles. The van der Waals surface area contributed by atoms with Gasteiger partial charge in [-0.3, -0.25) is 9.00 Å². The van der Waals surface area contributed by atoms with Gasteiger partial charge in [-0.05, 0) is 32.0 Å². The van der Waals surface area contributed by atoms with Crippen LogP contribution in [0.3, 0.4) is 0 Å². The standard InChI is InChI=1S/C14H18ClNO3S/c1-9-10(2)20(18)7-6-16(9)14(17)11-4-5-12(15)13(8-11)19-3/h4-5,8-10H,6-7H2,1-3H3/t9-,10+,20-/m0/s1. The van der Waals surface area contributed by atoms with Crippen molar-refractivity contribution in [3.8, 4) is 5.75 Å². The average Bonchev–Trinajstić information content (AvgIpc) is 2.45. The van der Waals surface area contributed by atoms with E-state index in [1.54, 1.807) is 23.1 Å². The monoisotopic (exact) mass is 315 g/mol. The van der Waals surface area contributed by atoms with E-state index in [2.05, 4.69) is 0 Å². The first-order valence-electron chi connectivity index (χ1n) is 6.47. The summed E-state index contributed by atoms with van der Waals surface area (Å²) in [5.41, 5.74) is 0.540. The molecule has 0 radical (unpaired) electrons. The second-order valence-electron chi connectivity index (χ2n) is 4.88. The molecule has 2 rings (SSSR count). The largest absolute Gasteiger partial charge is 0.495 e. The van der Waals surface area contributed by atoms with Gasteiger partial charge in [-0.2, -0.15) is 0 Å². The zero-order chi connectivity index (χ0) is 14.9. The molecule has 0 unspecified atom stereocenters. The van der Waals surface area contributed by atoms with Gasteiger partial charge in [0.1, 0.15) is 5.75 Å². The molecule has 0 aliphatic carbocycles. The number of hydrogen-bond acceptors (Lipinski definition) is 3. The zero-order valence-corrected chi connectivity index (χ0v) is 13.3. The first-order valence-corrected chi connectivity index (χ1v) is 8.23. The zero-order valence-electron chi connectivity index (χ0n) is 11.8. The van der Waals surface area contributed by atoms with Crippen LogP contribution < -0.4 is 4.74 Å². The van der Waals surface area contributed by atoms with Crippen molar-refractivity contribution in [3.63, 3.8) is 0 Å². The fourth-order valence-corrected chi connectivity index (χ4v) is 3.83. The van der Waals surface area contributed by atoms with Crippen molar-refractivity contribution >= 4 is 28.3 Å². The number of nitrogens with zero attached hydrogens (tertiary/aromatic N) is 1. The van der Waals surface area contributed by atoms with E-state index in [1.807, 2.05) is 13.8 Å². The number of halogens is 1. The van der Waals surface area contributed by atoms with Gasteiger partial charge in [-0.15, -0.1) is 0 Å². The highest BCUT2D eigenvalue weighted by atomic mass is 35.5. The van der Waals surface area contributed by atoms with E-state index < -0.39 is 10.8 Å². The molecule has 20 heavy (non-hydrogen) atoms. The Bertz CT molecular complexity index is 549. The summed E-state index contributed by atoms with van der Waals surface area (Å²) < 4.78 is 16.9. The topological polar surface area (TPSA) is 46.6 Å². The molecule has 110 valence electrons. The van der Waals surface area contributed by atoms with Crippen LogP contribution in [0.5, 0.6) is 5.75 Å². The highest BCUT2D eigenvalue weighted by molar-refractivity contribution is 7.85. The third kappa shape index (κ3) is 2.83. The molecule has 1 aliphatic rings. The average molecular weight is 316 g/mol.